The Morgan fingerprint density at radius 2 is 0.763 bits per heavy atom. The molecular weight excluding hydrogens is 752 g/mol. The van der Waals surface area contributed by atoms with Crippen LogP contribution in [0.1, 0.15) is 0 Å². The van der Waals surface area contributed by atoms with Crippen LogP contribution >= 0.6 is 22.7 Å². The van der Waals surface area contributed by atoms with Crippen LogP contribution in [0.15, 0.2) is 199 Å². The van der Waals surface area contributed by atoms with Crippen molar-refractivity contribution in [2.24, 2.45) is 0 Å². The van der Waals surface area contributed by atoms with Crippen molar-refractivity contribution < 1.29 is 0 Å². The molecule has 274 valence electrons. The summed E-state index contributed by atoms with van der Waals surface area (Å²) in [5, 5.41) is 12.0. The van der Waals surface area contributed by atoms with E-state index in [0.717, 1.165) is 0 Å². The highest BCUT2D eigenvalue weighted by atomic mass is 32.1. The molecule has 13 rings (SSSR count). The van der Waals surface area contributed by atoms with Crippen molar-refractivity contribution in [3.63, 3.8) is 0 Å². The highest BCUT2D eigenvalue weighted by Crippen LogP contribution is 2.51. The first-order valence-corrected chi connectivity index (χ1v) is 21.9. The lowest BCUT2D eigenvalue weighted by Crippen LogP contribution is -2.61. The Morgan fingerprint density at radius 3 is 1.22 bits per heavy atom. The van der Waals surface area contributed by atoms with Crippen LogP contribution in [0.25, 0.3) is 64.0 Å². The van der Waals surface area contributed by atoms with Gasteiger partial charge in [0.2, 0.25) is 0 Å². The number of hydrogen-bond donors (Lipinski definition) is 0. The Kier molecular flexibility index (Phi) is 7.18. The second kappa shape index (κ2) is 12.8. The Bertz CT molecular complexity index is 3250. The van der Waals surface area contributed by atoms with E-state index in [0.29, 0.717) is 0 Å². The van der Waals surface area contributed by atoms with E-state index in [2.05, 4.69) is 209 Å². The quantitative estimate of drug-likeness (QED) is 0.164. The third-order valence-electron chi connectivity index (χ3n) is 12.6. The standard InChI is InChI=1S/C54H33BN2S2/c1-3-12-34(13-4-1)52-40-26-28-58-50(40)24-22-44(52)56-46-20-11-21-47-54(46)55(42-30-36-16-7-9-18-38(36)32-48(42)56)43-31-37-17-8-10-19-39(37)33-49(43)57(47)45-23-25-51-41(27-29-59-51)53(45)35-14-5-2-6-15-35/h1-33H. The van der Waals surface area contributed by atoms with Gasteiger partial charge in [0.05, 0.1) is 11.4 Å². The lowest BCUT2D eigenvalue weighted by molar-refractivity contribution is 1.26. The minimum absolute atomic E-state index is 0.00280. The Labute approximate surface area is 350 Å². The summed E-state index contributed by atoms with van der Waals surface area (Å²) in [6.07, 6.45) is 0. The molecule has 0 atom stereocenters. The Balaban J connectivity index is 1.17. The summed E-state index contributed by atoms with van der Waals surface area (Å²) in [4.78, 5) is 5.17. The molecular formula is C54H33BN2S2. The van der Waals surface area contributed by atoms with Crippen molar-refractivity contribution in [3.05, 3.63) is 199 Å². The summed E-state index contributed by atoms with van der Waals surface area (Å²) in [6.45, 7) is 0.00280. The number of anilines is 6. The number of rotatable bonds is 4. The van der Waals surface area contributed by atoms with E-state index in [1.165, 1.54) is 114 Å². The molecule has 11 aromatic rings. The predicted octanol–water partition coefficient (Wildman–Crippen LogP) is 13.8. The van der Waals surface area contributed by atoms with Gasteiger partial charge in [0.25, 0.3) is 6.71 Å². The van der Waals surface area contributed by atoms with Crippen LogP contribution in [-0.4, -0.2) is 6.71 Å². The second-order valence-corrected chi connectivity index (χ2v) is 17.5. The molecule has 0 fully saturated rings. The maximum Gasteiger partial charge on any atom is 0.252 e. The van der Waals surface area contributed by atoms with Crippen LogP contribution in [-0.2, 0) is 0 Å². The fourth-order valence-electron chi connectivity index (χ4n) is 10.1. The van der Waals surface area contributed by atoms with Gasteiger partial charge >= 0.3 is 0 Å². The number of thiophene rings is 2. The largest absolute Gasteiger partial charge is 0.311 e. The van der Waals surface area contributed by atoms with Crippen LogP contribution in [0.3, 0.4) is 0 Å². The molecule has 0 amide bonds. The van der Waals surface area contributed by atoms with Crippen molar-refractivity contribution in [1.29, 1.82) is 0 Å². The number of benzene rings is 9. The zero-order chi connectivity index (χ0) is 38.6. The molecule has 4 heterocycles. The first-order valence-electron chi connectivity index (χ1n) is 20.2. The first kappa shape index (κ1) is 33.1. The highest BCUT2D eigenvalue weighted by Gasteiger charge is 2.44. The predicted molar refractivity (Wildman–Crippen MR) is 257 cm³/mol. The van der Waals surface area contributed by atoms with Gasteiger partial charge in [-0.25, -0.2) is 0 Å². The summed E-state index contributed by atoms with van der Waals surface area (Å²) in [5.41, 5.74) is 16.2. The Hall–Kier alpha value is -6.92. The molecule has 0 bridgehead atoms. The summed E-state index contributed by atoms with van der Waals surface area (Å²) in [6, 6.07) is 70.5. The topological polar surface area (TPSA) is 6.48 Å². The van der Waals surface area contributed by atoms with E-state index in [4.69, 9.17) is 0 Å². The summed E-state index contributed by atoms with van der Waals surface area (Å²) in [7, 11) is 0. The van der Waals surface area contributed by atoms with E-state index in [1.807, 2.05) is 22.7 Å². The molecule has 0 radical (unpaired) electrons. The smallest absolute Gasteiger partial charge is 0.252 e. The van der Waals surface area contributed by atoms with Crippen LogP contribution in [0.5, 0.6) is 0 Å². The zero-order valence-electron chi connectivity index (χ0n) is 31.8. The van der Waals surface area contributed by atoms with E-state index >= 15 is 0 Å². The molecule has 2 aromatic heterocycles. The van der Waals surface area contributed by atoms with E-state index in [1.54, 1.807) is 0 Å². The lowest BCUT2D eigenvalue weighted by atomic mass is 9.33. The molecule has 0 saturated carbocycles. The van der Waals surface area contributed by atoms with Gasteiger partial charge in [-0.15, -0.1) is 22.7 Å². The summed E-state index contributed by atoms with van der Waals surface area (Å²) < 4.78 is 2.58. The zero-order valence-corrected chi connectivity index (χ0v) is 33.5. The van der Waals surface area contributed by atoms with Gasteiger partial charge in [-0.1, -0.05) is 127 Å². The first-order chi connectivity index (χ1) is 29.3. The van der Waals surface area contributed by atoms with E-state index in [-0.39, 0.29) is 6.71 Å². The molecule has 5 heteroatoms. The molecule has 0 N–H and O–H groups in total. The summed E-state index contributed by atoms with van der Waals surface area (Å²) >= 11 is 3.62. The maximum atomic E-state index is 2.58. The summed E-state index contributed by atoms with van der Waals surface area (Å²) in [5.74, 6) is 0. The van der Waals surface area contributed by atoms with Crippen LogP contribution in [0.4, 0.5) is 34.1 Å². The van der Waals surface area contributed by atoms with Crippen molar-refractivity contribution in [3.8, 4) is 22.3 Å². The Morgan fingerprint density at radius 1 is 0.339 bits per heavy atom. The third-order valence-corrected chi connectivity index (χ3v) is 14.3. The monoisotopic (exact) mass is 784 g/mol. The van der Waals surface area contributed by atoms with E-state index < -0.39 is 0 Å². The molecule has 2 aliphatic rings. The van der Waals surface area contributed by atoms with Gasteiger partial charge in [0, 0.05) is 54.0 Å². The fourth-order valence-corrected chi connectivity index (χ4v) is 11.7. The second-order valence-electron chi connectivity index (χ2n) is 15.6. The van der Waals surface area contributed by atoms with Gasteiger partial charge in [0.1, 0.15) is 0 Å². The van der Waals surface area contributed by atoms with Crippen LogP contribution in [0.2, 0.25) is 0 Å². The van der Waals surface area contributed by atoms with Crippen LogP contribution < -0.4 is 26.2 Å². The molecule has 59 heavy (non-hydrogen) atoms. The van der Waals surface area contributed by atoms with Gasteiger partial charge in [-0.05, 0) is 120 Å². The van der Waals surface area contributed by atoms with Gasteiger partial charge in [-0.2, -0.15) is 0 Å². The SMILES string of the molecule is c1ccc(-c2c(N3c4cc5ccccc5cc4B4c5cc6ccccc6cc5N(c5ccc6sccc6c5-c5ccccc5)c5cccc3c54)ccc3sccc23)cc1. The van der Waals surface area contributed by atoms with Gasteiger partial charge in [-0.3, -0.25) is 0 Å². The van der Waals surface area contributed by atoms with Gasteiger partial charge < -0.3 is 9.80 Å². The van der Waals surface area contributed by atoms with Crippen molar-refractivity contribution >= 4 is 122 Å². The lowest BCUT2D eigenvalue weighted by Gasteiger charge is -2.45. The van der Waals surface area contributed by atoms with Crippen molar-refractivity contribution in [2.75, 3.05) is 9.80 Å². The number of hydrogen-bond acceptors (Lipinski definition) is 4. The minimum Gasteiger partial charge on any atom is -0.311 e. The molecule has 2 aliphatic heterocycles. The molecule has 0 aliphatic carbocycles. The maximum absolute atomic E-state index is 2.58. The van der Waals surface area contributed by atoms with Crippen molar-refractivity contribution in [2.45, 2.75) is 0 Å². The van der Waals surface area contributed by atoms with E-state index in [9.17, 15) is 0 Å². The number of nitrogens with zero attached hydrogens (tertiary/aromatic N) is 2. The average Bonchev–Trinajstić information content (AvgIpc) is 3.98. The third kappa shape index (κ3) is 4.86. The van der Waals surface area contributed by atoms with Gasteiger partial charge in [0.15, 0.2) is 0 Å². The number of fused-ring (bicyclic) bond motifs is 8. The molecule has 0 spiro atoms. The normalized spacial score (nSPS) is 13.0. The fraction of sp³-hybridized carbons (Fsp3) is 0. The van der Waals surface area contributed by atoms with Crippen molar-refractivity contribution in [1.82, 2.24) is 0 Å². The molecule has 9 aromatic carbocycles. The molecule has 0 saturated heterocycles. The average molecular weight is 785 g/mol. The minimum atomic E-state index is 0.00280. The highest BCUT2D eigenvalue weighted by molar-refractivity contribution is 7.17. The van der Waals surface area contributed by atoms with Crippen LogP contribution in [0, 0.1) is 0 Å². The molecule has 2 nitrogen and oxygen atoms in total. The molecule has 0 unspecified atom stereocenters.